The van der Waals surface area contributed by atoms with Crippen LogP contribution in [-0.2, 0) is 24.1 Å². The van der Waals surface area contributed by atoms with E-state index in [2.05, 4.69) is 0 Å². The van der Waals surface area contributed by atoms with Crippen molar-refractivity contribution in [2.75, 3.05) is 6.61 Å². The van der Waals surface area contributed by atoms with Gasteiger partial charge in [0.15, 0.2) is 11.6 Å². The summed E-state index contributed by atoms with van der Waals surface area (Å²) in [6.45, 7) is 0.611. The van der Waals surface area contributed by atoms with Gasteiger partial charge in [-0.05, 0) is 79.0 Å². The van der Waals surface area contributed by atoms with E-state index in [1.54, 1.807) is 6.07 Å². The molecule has 0 spiro atoms. The minimum atomic E-state index is -0.920. The lowest BCUT2D eigenvalue weighted by Crippen LogP contribution is -2.25. The molecule has 4 nitrogen and oxygen atoms in total. The number of ether oxygens (including phenoxy) is 1. The molecule has 1 atom stereocenters. The average Bonchev–Trinajstić information content (AvgIpc) is 3.42. The predicted molar refractivity (Wildman–Crippen MR) is 145 cm³/mol. The molecular weight excluding hydrogens is 508 g/mol. The number of hydrogen-bond donors (Lipinski definition) is 1. The first-order valence-corrected chi connectivity index (χ1v) is 13.5. The molecular formula is C31H30ClF2NO3. The van der Waals surface area contributed by atoms with E-state index in [4.69, 9.17) is 26.4 Å². The Balaban J connectivity index is 1.47. The van der Waals surface area contributed by atoms with Gasteiger partial charge < -0.3 is 9.84 Å². The van der Waals surface area contributed by atoms with Crippen molar-refractivity contribution in [1.82, 2.24) is 0 Å². The van der Waals surface area contributed by atoms with Crippen LogP contribution < -0.4 is 4.74 Å². The molecule has 0 saturated heterocycles. The van der Waals surface area contributed by atoms with Crippen molar-refractivity contribution < 1.29 is 23.4 Å². The molecule has 1 heterocycles. The second-order valence-corrected chi connectivity index (χ2v) is 10.7. The highest BCUT2D eigenvalue weighted by molar-refractivity contribution is 6.31. The Morgan fingerprint density at radius 2 is 1.71 bits per heavy atom. The summed E-state index contributed by atoms with van der Waals surface area (Å²) in [5.74, 6) is -1.56. The molecule has 0 aromatic heterocycles. The van der Waals surface area contributed by atoms with Crippen molar-refractivity contribution in [3.8, 4) is 5.75 Å². The molecule has 3 aromatic rings. The van der Waals surface area contributed by atoms with E-state index < -0.39 is 17.6 Å². The van der Waals surface area contributed by atoms with E-state index in [1.165, 1.54) is 18.9 Å². The van der Waals surface area contributed by atoms with E-state index in [0.717, 1.165) is 41.3 Å². The lowest BCUT2D eigenvalue weighted by molar-refractivity contribution is -0.136. The zero-order valence-corrected chi connectivity index (χ0v) is 21.8. The fourth-order valence-corrected chi connectivity index (χ4v) is 5.63. The fourth-order valence-electron chi connectivity index (χ4n) is 5.47. The monoisotopic (exact) mass is 537 g/mol. The SMILES string of the molecule is O=C(O)CCc1ccc(CC2Cc3cc(F)c(F)cc3N=C2c2ccc(Cl)cc2OCC2CCCC2)cc1. The Bertz CT molecular complexity index is 1350. The molecule has 1 N–H and O–H groups in total. The number of aliphatic imine (C=N–C) groups is 1. The molecule has 2 aliphatic rings. The highest BCUT2D eigenvalue weighted by Crippen LogP contribution is 2.37. The maximum atomic E-state index is 14.1. The fraction of sp³-hybridized carbons (Fsp3) is 0.355. The summed E-state index contributed by atoms with van der Waals surface area (Å²) in [7, 11) is 0. The molecule has 0 bridgehead atoms. The molecule has 38 heavy (non-hydrogen) atoms. The Kier molecular flexibility index (Phi) is 8.08. The molecule has 0 radical (unpaired) electrons. The number of halogens is 3. The summed E-state index contributed by atoms with van der Waals surface area (Å²) in [4.78, 5) is 15.8. The molecule has 198 valence electrons. The lowest BCUT2D eigenvalue weighted by Gasteiger charge is -2.27. The van der Waals surface area contributed by atoms with Gasteiger partial charge in [0.2, 0.25) is 0 Å². The smallest absolute Gasteiger partial charge is 0.303 e. The average molecular weight is 538 g/mol. The summed E-state index contributed by atoms with van der Waals surface area (Å²) in [6, 6.07) is 15.8. The van der Waals surface area contributed by atoms with Crippen LogP contribution in [0.5, 0.6) is 5.75 Å². The number of benzene rings is 3. The van der Waals surface area contributed by atoms with Gasteiger partial charge in [-0.2, -0.15) is 0 Å². The molecule has 1 aliphatic carbocycles. The van der Waals surface area contributed by atoms with Gasteiger partial charge in [-0.3, -0.25) is 9.79 Å². The number of carboxylic acid groups (broad SMARTS) is 1. The van der Waals surface area contributed by atoms with Crippen LogP contribution in [0.25, 0.3) is 0 Å². The van der Waals surface area contributed by atoms with Crippen LogP contribution in [0.3, 0.4) is 0 Å². The Morgan fingerprint density at radius 3 is 2.45 bits per heavy atom. The van der Waals surface area contributed by atoms with Gasteiger partial charge in [-0.15, -0.1) is 0 Å². The van der Waals surface area contributed by atoms with Crippen molar-refractivity contribution >= 4 is 29.0 Å². The highest BCUT2D eigenvalue weighted by Gasteiger charge is 2.28. The molecule has 1 aliphatic heterocycles. The van der Waals surface area contributed by atoms with Crippen molar-refractivity contribution in [3.05, 3.63) is 93.5 Å². The Hall–Kier alpha value is -3.25. The number of carboxylic acids is 1. The minimum Gasteiger partial charge on any atom is -0.493 e. The summed E-state index contributed by atoms with van der Waals surface area (Å²) in [6.07, 6.45) is 6.42. The minimum absolute atomic E-state index is 0.0812. The van der Waals surface area contributed by atoms with Crippen LogP contribution in [0.1, 0.15) is 54.4 Å². The maximum absolute atomic E-state index is 14.1. The van der Waals surface area contributed by atoms with E-state index in [0.29, 0.717) is 53.8 Å². The van der Waals surface area contributed by atoms with Crippen LogP contribution in [0.4, 0.5) is 14.5 Å². The van der Waals surface area contributed by atoms with Gasteiger partial charge in [-0.1, -0.05) is 48.7 Å². The number of rotatable bonds is 9. The number of carbonyl (C=O) groups is 1. The Labute approximate surface area is 226 Å². The third-order valence-corrected chi connectivity index (χ3v) is 7.75. The number of aliphatic carboxylic acids is 1. The van der Waals surface area contributed by atoms with E-state index in [9.17, 15) is 13.6 Å². The molecule has 3 aromatic carbocycles. The maximum Gasteiger partial charge on any atom is 0.303 e. The normalized spacial score (nSPS) is 17.2. The number of fused-ring (bicyclic) bond motifs is 1. The van der Waals surface area contributed by atoms with Gasteiger partial charge in [-0.25, -0.2) is 8.78 Å². The zero-order valence-electron chi connectivity index (χ0n) is 21.1. The largest absolute Gasteiger partial charge is 0.493 e. The standard InChI is InChI=1S/C31H30ClF2NO3/c32-24-10-11-25(29(16-24)38-18-21-3-1-2-4-21)31-23(14-22-15-26(33)27(34)17-28(22)35-31)13-20-7-5-19(6-8-20)9-12-30(36)37/h5-8,10-11,15-17,21,23H,1-4,9,12-14,18H2,(H,36,37). The van der Waals surface area contributed by atoms with Gasteiger partial charge in [0.05, 0.1) is 18.0 Å². The van der Waals surface area contributed by atoms with Crippen LogP contribution in [0, 0.1) is 23.5 Å². The third kappa shape index (κ3) is 6.24. The van der Waals surface area contributed by atoms with Crippen molar-refractivity contribution in [2.45, 2.75) is 51.4 Å². The van der Waals surface area contributed by atoms with Crippen LogP contribution in [-0.4, -0.2) is 23.4 Å². The molecule has 1 fully saturated rings. The van der Waals surface area contributed by atoms with E-state index in [-0.39, 0.29) is 12.3 Å². The van der Waals surface area contributed by atoms with Gasteiger partial charge in [0.25, 0.3) is 0 Å². The number of aryl methyl sites for hydroxylation is 1. The van der Waals surface area contributed by atoms with Crippen LogP contribution in [0.2, 0.25) is 5.02 Å². The van der Waals surface area contributed by atoms with Crippen molar-refractivity contribution in [3.63, 3.8) is 0 Å². The summed E-state index contributed by atoms with van der Waals surface area (Å²) >= 11 is 6.35. The second kappa shape index (κ2) is 11.6. The molecule has 1 unspecified atom stereocenters. The topological polar surface area (TPSA) is 58.9 Å². The Morgan fingerprint density at radius 1 is 1.00 bits per heavy atom. The first-order valence-electron chi connectivity index (χ1n) is 13.1. The molecule has 5 rings (SSSR count). The predicted octanol–water partition coefficient (Wildman–Crippen LogP) is 7.74. The zero-order chi connectivity index (χ0) is 26.6. The quantitative estimate of drug-likeness (QED) is 0.304. The molecule has 1 saturated carbocycles. The summed E-state index contributed by atoms with van der Waals surface area (Å²) in [5, 5.41) is 9.52. The van der Waals surface area contributed by atoms with Gasteiger partial charge in [0.1, 0.15) is 5.75 Å². The third-order valence-electron chi connectivity index (χ3n) is 7.52. The first kappa shape index (κ1) is 26.4. The number of hydrogen-bond acceptors (Lipinski definition) is 3. The van der Waals surface area contributed by atoms with Gasteiger partial charge >= 0.3 is 5.97 Å². The molecule has 0 amide bonds. The highest BCUT2D eigenvalue weighted by atomic mass is 35.5. The van der Waals surface area contributed by atoms with Crippen LogP contribution >= 0.6 is 11.6 Å². The van der Waals surface area contributed by atoms with Crippen LogP contribution in [0.15, 0.2) is 59.6 Å². The van der Waals surface area contributed by atoms with Crippen molar-refractivity contribution in [2.24, 2.45) is 16.8 Å². The van der Waals surface area contributed by atoms with Crippen molar-refractivity contribution in [1.29, 1.82) is 0 Å². The van der Waals surface area contributed by atoms with E-state index >= 15 is 0 Å². The molecule has 7 heteroatoms. The van der Waals surface area contributed by atoms with E-state index in [1.807, 2.05) is 36.4 Å². The second-order valence-electron chi connectivity index (χ2n) is 10.3. The number of nitrogens with zero attached hydrogens (tertiary/aromatic N) is 1. The summed E-state index contributed by atoms with van der Waals surface area (Å²) < 4.78 is 34.5. The summed E-state index contributed by atoms with van der Waals surface area (Å²) in [5.41, 5.74) is 4.67. The lowest BCUT2D eigenvalue weighted by atomic mass is 9.82. The van der Waals surface area contributed by atoms with Gasteiger partial charge in [0, 0.05) is 29.0 Å². The first-order chi connectivity index (χ1) is 18.4.